The van der Waals surface area contributed by atoms with Gasteiger partial charge in [0, 0.05) is 5.56 Å². The van der Waals surface area contributed by atoms with E-state index in [4.69, 9.17) is 4.55 Å². The van der Waals surface area contributed by atoms with Crippen molar-refractivity contribution in [1.29, 1.82) is 0 Å². The zero-order chi connectivity index (χ0) is 7.78. The Balaban J connectivity index is 3.32. The van der Waals surface area contributed by atoms with Gasteiger partial charge in [0.05, 0.1) is 6.20 Å². The summed E-state index contributed by atoms with van der Waals surface area (Å²) in [6.07, 6.45) is 1.21. The largest absolute Gasteiger partial charge is 0.342 e. The van der Waals surface area contributed by atoms with Crippen LogP contribution in [-0.2, 0) is 10.1 Å². The van der Waals surface area contributed by atoms with E-state index in [-0.39, 0.29) is 0 Å². The van der Waals surface area contributed by atoms with Crippen LogP contribution in [0, 0.1) is 6.92 Å². The molecular weight excluding hydrogens is 158 g/mol. The quantitative estimate of drug-likeness (QED) is 0.599. The summed E-state index contributed by atoms with van der Waals surface area (Å²) in [6, 6.07) is 0. The Morgan fingerprint density at radius 3 is 2.50 bits per heavy atom. The van der Waals surface area contributed by atoms with Crippen molar-refractivity contribution in [2.24, 2.45) is 0 Å². The van der Waals surface area contributed by atoms with Crippen LogP contribution in [0.4, 0.5) is 0 Å². The number of hydrogen-bond acceptors (Lipinski definition) is 4. The van der Waals surface area contributed by atoms with Crippen LogP contribution >= 0.6 is 0 Å². The van der Waals surface area contributed by atoms with Gasteiger partial charge in [-0.3, -0.25) is 4.55 Å². The lowest BCUT2D eigenvalue weighted by molar-refractivity contribution is 0.322. The highest BCUT2D eigenvalue weighted by Gasteiger charge is 2.17. The third-order valence-corrected chi connectivity index (χ3v) is 1.80. The highest BCUT2D eigenvalue weighted by molar-refractivity contribution is 7.85. The van der Waals surface area contributed by atoms with Crippen LogP contribution in [0.3, 0.4) is 0 Å². The molecule has 0 spiro atoms. The van der Waals surface area contributed by atoms with Crippen molar-refractivity contribution >= 4 is 10.1 Å². The summed E-state index contributed by atoms with van der Waals surface area (Å²) in [5.41, 5.74) is 0.294. The molecule has 1 aromatic heterocycles. The summed E-state index contributed by atoms with van der Waals surface area (Å²) in [5, 5.41) is 2.68. The highest BCUT2D eigenvalue weighted by Crippen LogP contribution is 2.11. The summed E-state index contributed by atoms with van der Waals surface area (Å²) in [4.78, 5) is 0. The molecule has 0 fully saturated rings. The predicted molar refractivity (Wildman–Crippen MR) is 31.1 cm³/mol. The molecule has 0 bridgehead atoms. The first kappa shape index (κ1) is 7.23. The second kappa shape index (κ2) is 2.06. The van der Waals surface area contributed by atoms with Crippen molar-refractivity contribution < 1.29 is 17.5 Å². The van der Waals surface area contributed by atoms with Gasteiger partial charge in [-0.25, -0.2) is 0 Å². The molecule has 0 aliphatic rings. The van der Waals surface area contributed by atoms with Gasteiger partial charge in [-0.1, -0.05) is 5.16 Å². The van der Waals surface area contributed by atoms with Gasteiger partial charge in [0.15, 0.2) is 0 Å². The zero-order valence-corrected chi connectivity index (χ0v) is 5.92. The van der Waals surface area contributed by atoms with E-state index in [2.05, 4.69) is 9.68 Å². The second-order valence-corrected chi connectivity index (χ2v) is 3.09. The van der Waals surface area contributed by atoms with Crippen molar-refractivity contribution in [3.05, 3.63) is 11.8 Å². The molecule has 0 amide bonds. The first-order valence-electron chi connectivity index (χ1n) is 2.40. The summed E-state index contributed by atoms with van der Waals surface area (Å²) >= 11 is 0. The van der Waals surface area contributed by atoms with Crippen molar-refractivity contribution in [2.45, 2.75) is 12.0 Å². The number of nitrogens with zero attached hydrogens (tertiary/aromatic N) is 1. The molecule has 0 unspecified atom stereocenters. The molecule has 0 radical (unpaired) electrons. The van der Waals surface area contributed by atoms with Gasteiger partial charge in [0.25, 0.3) is 5.09 Å². The highest BCUT2D eigenvalue weighted by atomic mass is 32.2. The van der Waals surface area contributed by atoms with Crippen molar-refractivity contribution in [3.63, 3.8) is 0 Å². The molecule has 56 valence electrons. The number of aryl methyl sites for hydroxylation is 1. The summed E-state index contributed by atoms with van der Waals surface area (Å²) in [5.74, 6) is 0. The zero-order valence-electron chi connectivity index (χ0n) is 5.10. The lowest BCUT2D eigenvalue weighted by atomic mass is 10.4. The maximum absolute atomic E-state index is 10.3. The van der Waals surface area contributed by atoms with Crippen LogP contribution in [0.2, 0.25) is 0 Å². The van der Waals surface area contributed by atoms with Crippen LogP contribution < -0.4 is 0 Å². The van der Waals surface area contributed by atoms with Crippen LogP contribution in [0.25, 0.3) is 0 Å². The minimum Gasteiger partial charge on any atom is -0.342 e. The van der Waals surface area contributed by atoms with Crippen molar-refractivity contribution in [1.82, 2.24) is 5.16 Å². The van der Waals surface area contributed by atoms with Gasteiger partial charge in [0.2, 0.25) is 0 Å². The van der Waals surface area contributed by atoms with Crippen LogP contribution in [0.5, 0.6) is 0 Å². The smallest absolute Gasteiger partial charge is 0.331 e. The second-order valence-electron chi connectivity index (χ2n) is 1.77. The molecule has 6 heteroatoms. The lowest BCUT2D eigenvalue weighted by Crippen LogP contribution is -1.97. The average Bonchev–Trinajstić information content (AvgIpc) is 2.11. The molecule has 1 aromatic rings. The van der Waals surface area contributed by atoms with Gasteiger partial charge in [-0.15, -0.1) is 0 Å². The Hall–Kier alpha value is -0.880. The topological polar surface area (TPSA) is 80.4 Å². The summed E-state index contributed by atoms with van der Waals surface area (Å²) < 4.78 is 33.3. The van der Waals surface area contributed by atoms with E-state index in [1.807, 2.05) is 0 Å². The Kier molecular flexibility index (Phi) is 1.49. The van der Waals surface area contributed by atoms with Gasteiger partial charge >= 0.3 is 10.1 Å². The molecular formula is C4H5NO4S. The van der Waals surface area contributed by atoms with Crippen molar-refractivity contribution in [3.8, 4) is 0 Å². The lowest BCUT2D eigenvalue weighted by Gasteiger charge is -1.87. The van der Waals surface area contributed by atoms with E-state index in [1.54, 1.807) is 0 Å². The van der Waals surface area contributed by atoms with Crippen molar-refractivity contribution in [2.75, 3.05) is 0 Å². The van der Waals surface area contributed by atoms with Gasteiger partial charge in [-0.05, 0) is 6.92 Å². The number of hydrogen-bond donors (Lipinski definition) is 1. The first-order valence-corrected chi connectivity index (χ1v) is 3.84. The third kappa shape index (κ3) is 1.17. The monoisotopic (exact) mass is 163 g/mol. The van der Waals surface area contributed by atoms with E-state index in [0.29, 0.717) is 5.56 Å². The first-order chi connectivity index (χ1) is 4.52. The molecule has 5 nitrogen and oxygen atoms in total. The molecule has 0 aliphatic heterocycles. The molecule has 0 atom stereocenters. The maximum Gasteiger partial charge on any atom is 0.331 e. The average molecular weight is 163 g/mol. The molecule has 10 heavy (non-hydrogen) atoms. The summed E-state index contributed by atoms with van der Waals surface area (Å²) in [6.45, 7) is 1.47. The Morgan fingerprint density at radius 2 is 2.30 bits per heavy atom. The summed E-state index contributed by atoms with van der Waals surface area (Å²) in [7, 11) is -4.22. The molecule has 1 heterocycles. The van der Waals surface area contributed by atoms with Crippen LogP contribution in [0.1, 0.15) is 5.56 Å². The predicted octanol–water partition coefficient (Wildman–Crippen LogP) is 0.230. The fraction of sp³-hybridized carbons (Fsp3) is 0.250. The van der Waals surface area contributed by atoms with Crippen LogP contribution in [-0.4, -0.2) is 18.1 Å². The minimum absolute atomic E-state index is 0.294. The van der Waals surface area contributed by atoms with E-state index in [0.717, 1.165) is 0 Å². The normalized spacial score (nSPS) is 11.8. The van der Waals surface area contributed by atoms with E-state index >= 15 is 0 Å². The Bertz CT molecular complexity index is 325. The van der Waals surface area contributed by atoms with Gasteiger partial charge < -0.3 is 4.52 Å². The molecule has 1 rings (SSSR count). The van der Waals surface area contributed by atoms with E-state index in [1.165, 1.54) is 13.1 Å². The standard InChI is InChI=1S/C4H5NO4S/c1-3-2-5-9-4(3)10(6,7)8/h2H,1H3,(H,6,7,8). The molecule has 0 aliphatic carbocycles. The van der Waals surface area contributed by atoms with Crippen LogP contribution in [0.15, 0.2) is 15.8 Å². The fourth-order valence-electron chi connectivity index (χ4n) is 0.529. The van der Waals surface area contributed by atoms with Gasteiger partial charge in [-0.2, -0.15) is 8.42 Å². The molecule has 0 aromatic carbocycles. The van der Waals surface area contributed by atoms with E-state index in [9.17, 15) is 8.42 Å². The minimum atomic E-state index is -4.22. The molecule has 0 saturated carbocycles. The number of aromatic nitrogens is 1. The molecule has 0 saturated heterocycles. The molecule has 1 N–H and O–H groups in total. The maximum atomic E-state index is 10.3. The third-order valence-electron chi connectivity index (χ3n) is 0.938. The fourth-order valence-corrected chi connectivity index (χ4v) is 1.13. The number of rotatable bonds is 1. The van der Waals surface area contributed by atoms with Gasteiger partial charge in [0.1, 0.15) is 0 Å². The van der Waals surface area contributed by atoms with E-state index < -0.39 is 15.2 Å². The Labute approximate surface area is 57.4 Å². The Morgan fingerprint density at radius 1 is 1.70 bits per heavy atom. The SMILES string of the molecule is Cc1cnoc1S(=O)(=O)O.